The van der Waals surface area contributed by atoms with E-state index in [0.29, 0.717) is 18.6 Å². The number of aliphatic hydroxyl groups is 1. The molecule has 1 aliphatic heterocycles. The lowest BCUT2D eigenvalue weighted by atomic mass is 9.80. The Hall–Kier alpha value is 0.270. The van der Waals surface area contributed by atoms with E-state index in [1.54, 1.807) is 0 Å². The number of aliphatic hydroxyl groups excluding tert-OH is 1. The molecule has 0 spiro atoms. The number of rotatable bonds is 3. The van der Waals surface area contributed by atoms with Crippen LogP contribution in [0.1, 0.15) is 19.8 Å². The number of thioether (sulfide) groups is 1. The normalized spacial score (nSPS) is 44.8. The van der Waals surface area contributed by atoms with Crippen LogP contribution in [-0.2, 0) is 0 Å². The van der Waals surface area contributed by atoms with E-state index in [-0.39, 0.29) is 0 Å². The smallest absolute Gasteiger partial charge is 0.0460 e. The van der Waals surface area contributed by atoms with E-state index in [4.69, 9.17) is 5.11 Å². The van der Waals surface area contributed by atoms with Crippen molar-refractivity contribution in [3.8, 4) is 0 Å². The van der Waals surface area contributed by atoms with Gasteiger partial charge in [-0.3, -0.25) is 0 Å². The summed E-state index contributed by atoms with van der Waals surface area (Å²) in [5.41, 5.74) is 0. The second kappa shape index (κ2) is 4.20. The van der Waals surface area contributed by atoms with E-state index >= 15 is 0 Å². The Kier molecular flexibility index (Phi) is 3.17. The minimum atomic E-state index is 0.382. The van der Waals surface area contributed by atoms with Gasteiger partial charge in [0.1, 0.15) is 0 Å². The van der Waals surface area contributed by atoms with Crippen LogP contribution in [0.2, 0.25) is 0 Å². The second-order valence-corrected chi connectivity index (χ2v) is 5.58. The predicted octanol–water partition coefficient (Wildman–Crippen LogP) is 1.10. The summed E-state index contributed by atoms with van der Waals surface area (Å²) in [5, 5.41) is 12.6. The van der Waals surface area contributed by atoms with Crippen LogP contribution in [0.4, 0.5) is 0 Å². The van der Waals surface area contributed by atoms with Crippen LogP contribution in [0.5, 0.6) is 0 Å². The van der Waals surface area contributed by atoms with E-state index in [2.05, 4.69) is 24.0 Å². The fraction of sp³-hybridized carbons (Fsp3) is 1.00. The van der Waals surface area contributed by atoms with Crippen molar-refractivity contribution in [3.63, 3.8) is 0 Å². The van der Waals surface area contributed by atoms with Gasteiger partial charge < -0.3 is 10.4 Å². The van der Waals surface area contributed by atoms with Gasteiger partial charge in [-0.1, -0.05) is 6.92 Å². The fourth-order valence-electron chi connectivity index (χ4n) is 2.20. The highest BCUT2D eigenvalue weighted by atomic mass is 32.2. The molecule has 0 radical (unpaired) electrons. The van der Waals surface area contributed by atoms with Crippen LogP contribution in [0.15, 0.2) is 0 Å². The molecule has 1 saturated carbocycles. The van der Waals surface area contributed by atoms with Gasteiger partial charge in [-0.15, -0.1) is 0 Å². The molecular weight excluding hydrogens is 182 g/mol. The molecule has 3 heteroatoms. The van der Waals surface area contributed by atoms with E-state index in [9.17, 15) is 0 Å². The van der Waals surface area contributed by atoms with Crippen molar-refractivity contribution in [1.82, 2.24) is 5.32 Å². The lowest BCUT2D eigenvalue weighted by Crippen LogP contribution is -2.49. The highest BCUT2D eigenvalue weighted by Gasteiger charge is 2.32. The molecular formula is C10H19NOS. The third-order valence-electron chi connectivity index (χ3n) is 3.31. The summed E-state index contributed by atoms with van der Waals surface area (Å²) in [4.78, 5) is 0. The van der Waals surface area contributed by atoms with Crippen molar-refractivity contribution in [1.29, 1.82) is 0 Å². The molecule has 0 aromatic rings. The second-order valence-electron chi connectivity index (χ2n) is 4.50. The minimum Gasteiger partial charge on any atom is -0.396 e. The molecule has 1 saturated heterocycles. The average Bonchev–Trinajstić information content (AvgIpc) is 2.43. The molecule has 2 rings (SSSR count). The Bertz CT molecular complexity index is 170. The first-order valence-corrected chi connectivity index (χ1v) is 6.39. The number of nitrogens with one attached hydrogen (secondary N) is 1. The Balaban J connectivity index is 1.68. The zero-order chi connectivity index (χ0) is 9.26. The van der Waals surface area contributed by atoms with E-state index < -0.39 is 0 Å². The van der Waals surface area contributed by atoms with Gasteiger partial charge in [0.05, 0.1) is 0 Å². The molecule has 0 aromatic carbocycles. The van der Waals surface area contributed by atoms with Gasteiger partial charge in [-0.25, -0.2) is 0 Å². The van der Waals surface area contributed by atoms with Gasteiger partial charge in [-0.05, 0) is 30.4 Å². The molecule has 0 bridgehead atoms. The average molecular weight is 201 g/mol. The topological polar surface area (TPSA) is 32.3 Å². The zero-order valence-electron chi connectivity index (χ0n) is 8.20. The summed E-state index contributed by atoms with van der Waals surface area (Å²) in [5.74, 6) is 4.01. The van der Waals surface area contributed by atoms with Crippen molar-refractivity contribution in [3.05, 3.63) is 0 Å². The molecule has 76 valence electrons. The summed E-state index contributed by atoms with van der Waals surface area (Å²) in [6, 6.07) is 1.43. The Labute approximate surface area is 84.5 Å². The molecule has 1 aliphatic carbocycles. The van der Waals surface area contributed by atoms with Crippen molar-refractivity contribution < 1.29 is 5.11 Å². The largest absolute Gasteiger partial charge is 0.396 e. The molecule has 0 aromatic heterocycles. The lowest BCUT2D eigenvalue weighted by Gasteiger charge is -2.37. The molecule has 2 aliphatic rings. The van der Waals surface area contributed by atoms with Crippen LogP contribution >= 0.6 is 11.8 Å². The third kappa shape index (κ3) is 2.20. The lowest BCUT2D eigenvalue weighted by molar-refractivity contribution is 0.119. The molecule has 2 unspecified atom stereocenters. The summed E-state index contributed by atoms with van der Waals surface area (Å²) in [6.45, 7) is 2.72. The predicted molar refractivity (Wildman–Crippen MR) is 57.0 cm³/mol. The Morgan fingerprint density at radius 2 is 2.15 bits per heavy atom. The van der Waals surface area contributed by atoms with Crippen LogP contribution < -0.4 is 5.32 Å². The van der Waals surface area contributed by atoms with Crippen molar-refractivity contribution in [2.24, 2.45) is 11.8 Å². The van der Waals surface area contributed by atoms with Gasteiger partial charge in [0.2, 0.25) is 0 Å². The summed E-state index contributed by atoms with van der Waals surface area (Å²) in [7, 11) is 0. The molecule has 13 heavy (non-hydrogen) atoms. The quantitative estimate of drug-likeness (QED) is 0.717. The van der Waals surface area contributed by atoms with Crippen LogP contribution in [0.3, 0.4) is 0 Å². The van der Waals surface area contributed by atoms with Crippen molar-refractivity contribution >= 4 is 11.8 Å². The maximum absolute atomic E-state index is 8.88. The number of hydrogen-bond donors (Lipinski definition) is 2. The summed E-state index contributed by atoms with van der Waals surface area (Å²) in [6.07, 6.45) is 2.37. The van der Waals surface area contributed by atoms with Gasteiger partial charge in [0, 0.05) is 24.4 Å². The van der Waals surface area contributed by atoms with Crippen molar-refractivity contribution in [2.75, 3.05) is 18.1 Å². The molecule has 2 nitrogen and oxygen atoms in total. The van der Waals surface area contributed by atoms with Crippen LogP contribution in [0, 0.1) is 11.8 Å². The SMILES string of the molecule is CC1CSCC1NC1CC(CO)C1. The molecule has 2 atom stereocenters. The first-order valence-electron chi connectivity index (χ1n) is 5.24. The maximum Gasteiger partial charge on any atom is 0.0460 e. The molecule has 1 heterocycles. The van der Waals surface area contributed by atoms with E-state index in [1.165, 1.54) is 24.3 Å². The highest BCUT2D eigenvalue weighted by Crippen LogP contribution is 2.30. The Morgan fingerprint density at radius 1 is 1.38 bits per heavy atom. The molecule has 2 N–H and O–H groups in total. The Morgan fingerprint density at radius 3 is 2.69 bits per heavy atom. The van der Waals surface area contributed by atoms with E-state index in [0.717, 1.165) is 12.0 Å². The third-order valence-corrected chi connectivity index (χ3v) is 4.67. The highest BCUT2D eigenvalue weighted by molar-refractivity contribution is 7.99. The van der Waals surface area contributed by atoms with Crippen molar-refractivity contribution in [2.45, 2.75) is 31.8 Å². The van der Waals surface area contributed by atoms with Gasteiger partial charge in [0.25, 0.3) is 0 Å². The maximum atomic E-state index is 8.88. The fourth-order valence-corrected chi connectivity index (χ4v) is 3.62. The summed E-state index contributed by atoms with van der Waals surface area (Å²) >= 11 is 2.06. The number of hydrogen-bond acceptors (Lipinski definition) is 3. The minimum absolute atomic E-state index is 0.382. The molecule has 2 fully saturated rings. The monoisotopic (exact) mass is 201 g/mol. The first-order chi connectivity index (χ1) is 6.29. The van der Waals surface area contributed by atoms with Gasteiger partial charge >= 0.3 is 0 Å². The molecule has 0 amide bonds. The summed E-state index contributed by atoms with van der Waals surface area (Å²) < 4.78 is 0. The standard InChI is InChI=1S/C10H19NOS/c1-7-5-13-6-10(7)11-9-2-8(3-9)4-12/h7-12H,2-6H2,1H3. The zero-order valence-corrected chi connectivity index (χ0v) is 9.02. The van der Waals surface area contributed by atoms with Crippen LogP contribution in [0.25, 0.3) is 0 Å². The van der Waals surface area contributed by atoms with E-state index in [1.807, 2.05) is 0 Å². The van der Waals surface area contributed by atoms with Gasteiger partial charge in [0.15, 0.2) is 0 Å². The van der Waals surface area contributed by atoms with Gasteiger partial charge in [-0.2, -0.15) is 11.8 Å². The first kappa shape index (κ1) is 9.81. The van der Waals surface area contributed by atoms with Crippen LogP contribution in [-0.4, -0.2) is 35.3 Å².